The third-order valence-electron chi connectivity index (χ3n) is 3.04. The molecule has 0 spiro atoms. The highest BCUT2D eigenvalue weighted by atomic mass is 79.9. The summed E-state index contributed by atoms with van der Waals surface area (Å²) in [6.45, 7) is 5.48. The molecule has 0 aromatic heterocycles. The van der Waals surface area contributed by atoms with Gasteiger partial charge in [-0.3, -0.25) is 4.79 Å². The topological polar surface area (TPSA) is 47.6 Å². The smallest absolute Gasteiger partial charge is 0.252 e. The summed E-state index contributed by atoms with van der Waals surface area (Å²) in [5.41, 5.74) is 1.67. The van der Waals surface area contributed by atoms with Crippen LogP contribution >= 0.6 is 15.9 Å². The summed E-state index contributed by atoms with van der Waals surface area (Å²) in [5.74, 6) is -0.848. The van der Waals surface area contributed by atoms with Gasteiger partial charge in [-0.05, 0) is 48.3 Å². The second-order valence-corrected chi connectivity index (χ2v) is 5.70. The number of aryl methyl sites for hydroxylation is 1. The van der Waals surface area contributed by atoms with Crippen LogP contribution in [0.4, 0.5) is 0 Å². The van der Waals surface area contributed by atoms with Gasteiger partial charge >= 0.3 is 0 Å². The molecular formula is C14H18BrNO3. The fourth-order valence-electron chi connectivity index (χ4n) is 1.93. The van der Waals surface area contributed by atoms with Crippen molar-refractivity contribution in [1.82, 2.24) is 5.32 Å². The van der Waals surface area contributed by atoms with E-state index in [1.54, 1.807) is 0 Å². The van der Waals surface area contributed by atoms with Gasteiger partial charge in [-0.25, -0.2) is 0 Å². The number of rotatable bonds is 3. The molecule has 0 aliphatic carbocycles. The van der Waals surface area contributed by atoms with E-state index < -0.39 is 5.79 Å². The zero-order valence-electron chi connectivity index (χ0n) is 11.2. The second-order valence-electron chi connectivity index (χ2n) is 4.85. The van der Waals surface area contributed by atoms with Crippen LogP contribution in [-0.2, 0) is 9.47 Å². The maximum Gasteiger partial charge on any atom is 0.252 e. The van der Waals surface area contributed by atoms with Gasteiger partial charge in [0.15, 0.2) is 5.79 Å². The molecule has 19 heavy (non-hydrogen) atoms. The van der Waals surface area contributed by atoms with Crippen molar-refractivity contribution < 1.29 is 14.3 Å². The van der Waals surface area contributed by atoms with Crippen molar-refractivity contribution in [3.8, 4) is 0 Å². The van der Waals surface area contributed by atoms with Crippen LogP contribution < -0.4 is 5.32 Å². The molecule has 1 aromatic rings. The van der Waals surface area contributed by atoms with E-state index in [-0.39, 0.29) is 5.91 Å². The van der Waals surface area contributed by atoms with Gasteiger partial charge in [0.2, 0.25) is 0 Å². The summed E-state index contributed by atoms with van der Waals surface area (Å²) in [7, 11) is 0. The fourth-order valence-corrected chi connectivity index (χ4v) is 2.35. The third-order valence-corrected chi connectivity index (χ3v) is 3.73. The highest BCUT2D eigenvalue weighted by Gasteiger charge is 2.29. The molecule has 0 bridgehead atoms. The monoisotopic (exact) mass is 327 g/mol. The number of benzene rings is 1. The maximum absolute atomic E-state index is 12.2. The first-order valence-corrected chi connectivity index (χ1v) is 7.12. The van der Waals surface area contributed by atoms with Crippen molar-refractivity contribution in [1.29, 1.82) is 0 Å². The normalized spacial score (nSPS) is 18.1. The van der Waals surface area contributed by atoms with E-state index >= 15 is 0 Å². The van der Waals surface area contributed by atoms with Gasteiger partial charge in [0.05, 0.1) is 25.3 Å². The van der Waals surface area contributed by atoms with Gasteiger partial charge < -0.3 is 14.8 Å². The Hall–Kier alpha value is -0.910. The lowest BCUT2D eigenvalue weighted by molar-refractivity contribution is -0.251. The Bertz CT molecular complexity index is 470. The van der Waals surface area contributed by atoms with E-state index in [2.05, 4.69) is 21.2 Å². The van der Waals surface area contributed by atoms with E-state index in [0.717, 1.165) is 16.5 Å². The summed E-state index contributed by atoms with van der Waals surface area (Å²) in [4.78, 5) is 12.2. The number of hydrogen-bond acceptors (Lipinski definition) is 3. The highest BCUT2D eigenvalue weighted by molar-refractivity contribution is 9.10. The summed E-state index contributed by atoms with van der Waals surface area (Å²) in [6.07, 6.45) is 0.896. The van der Waals surface area contributed by atoms with E-state index in [9.17, 15) is 4.79 Å². The standard InChI is InChI=1S/C14H18BrNO3/c1-10-4-5-12(15)11(8-10)13(17)16-9-14(2)18-6-3-7-19-14/h4-5,8H,3,6-7,9H2,1-2H3,(H,16,17). The molecule has 1 aromatic carbocycles. The van der Waals surface area contributed by atoms with Crippen molar-refractivity contribution in [2.75, 3.05) is 19.8 Å². The van der Waals surface area contributed by atoms with Gasteiger partial charge in [0.1, 0.15) is 0 Å². The Labute approximate surface area is 121 Å². The lowest BCUT2D eigenvalue weighted by Crippen LogP contribution is -2.47. The van der Waals surface area contributed by atoms with Crippen molar-refractivity contribution in [3.05, 3.63) is 33.8 Å². The molecule has 0 radical (unpaired) electrons. The Kier molecular flexibility index (Phi) is 4.60. The first-order chi connectivity index (χ1) is 9.00. The molecule has 1 fully saturated rings. The Morgan fingerprint density at radius 1 is 1.42 bits per heavy atom. The van der Waals surface area contributed by atoms with Crippen LogP contribution in [0, 0.1) is 6.92 Å². The zero-order valence-corrected chi connectivity index (χ0v) is 12.7. The van der Waals surface area contributed by atoms with E-state index in [0.29, 0.717) is 25.3 Å². The van der Waals surface area contributed by atoms with Crippen LogP contribution in [0.5, 0.6) is 0 Å². The molecule has 1 N–H and O–H groups in total. The number of amides is 1. The predicted octanol–water partition coefficient (Wildman–Crippen LogP) is 2.64. The molecule has 4 nitrogen and oxygen atoms in total. The number of hydrogen-bond donors (Lipinski definition) is 1. The molecule has 0 saturated carbocycles. The fraction of sp³-hybridized carbons (Fsp3) is 0.500. The molecule has 1 saturated heterocycles. The van der Waals surface area contributed by atoms with Crippen molar-refractivity contribution in [2.45, 2.75) is 26.1 Å². The molecule has 0 atom stereocenters. The third kappa shape index (κ3) is 3.78. The molecular weight excluding hydrogens is 310 g/mol. The van der Waals surface area contributed by atoms with E-state index in [4.69, 9.17) is 9.47 Å². The van der Waals surface area contributed by atoms with Gasteiger partial charge in [0, 0.05) is 4.47 Å². The van der Waals surface area contributed by atoms with Crippen LogP contribution in [0.1, 0.15) is 29.3 Å². The van der Waals surface area contributed by atoms with Crippen molar-refractivity contribution in [3.63, 3.8) is 0 Å². The van der Waals surface area contributed by atoms with Crippen molar-refractivity contribution >= 4 is 21.8 Å². The number of halogens is 1. The number of nitrogens with one attached hydrogen (secondary N) is 1. The number of carbonyl (C=O) groups excluding carboxylic acids is 1. The maximum atomic E-state index is 12.2. The molecule has 1 aliphatic heterocycles. The van der Waals surface area contributed by atoms with Gasteiger partial charge in [-0.1, -0.05) is 11.6 Å². The largest absolute Gasteiger partial charge is 0.348 e. The Morgan fingerprint density at radius 3 is 2.79 bits per heavy atom. The van der Waals surface area contributed by atoms with E-state index in [1.165, 1.54) is 0 Å². The summed E-state index contributed by atoms with van der Waals surface area (Å²) >= 11 is 3.39. The lowest BCUT2D eigenvalue weighted by Gasteiger charge is -2.33. The van der Waals surface area contributed by atoms with Crippen molar-refractivity contribution in [2.24, 2.45) is 0 Å². The highest BCUT2D eigenvalue weighted by Crippen LogP contribution is 2.20. The SMILES string of the molecule is Cc1ccc(Br)c(C(=O)NCC2(C)OCCCO2)c1. The van der Waals surface area contributed by atoms with Crippen LogP contribution in [0.3, 0.4) is 0 Å². The molecule has 1 heterocycles. The average molecular weight is 328 g/mol. The summed E-state index contributed by atoms with van der Waals surface area (Å²) in [5, 5.41) is 2.86. The first-order valence-electron chi connectivity index (χ1n) is 6.32. The average Bonchev–Trinajstić information content (AvgIpc) is 2.40. The van der Waals surface area contributed by atoms with E-state index in [1.807, 2.05) is 32.0 Å². The molecule has 0 unspecified atom stereocenters. The zero-order chi connectivity index (χ0) is 13.9. The minimum atomic E-state index is -0.718. The predicted molar refractivity (Wildman–Crippen MR) is 76.1 cm³/mol. The number of ether oxygens (including phenoxy) is 2. The Balaban J connectivity index is 1.99. The minimum absolute atomic E-state index is 0.130. The van der Waals surface area contributed by atoms with Crippen LogP contribution in [0.15, 0.2) is 22.7 Å². The summed E-state index contributed by atoms with van der Waals surface area (Å²) in [6, 6.07) is 5.68. The first kappa shape index (κ1) is 14.5. The van der Waals surface area contributed by atoms with Crippen LogP contribution in [0.2, 0.25) is 0 Å². The van der Waals surface area contributed by atoms with Gasteiger partial charge in [-0.2, -0.15) is 0 Å². The quantitative estimate of drug-likeness (QED) is 0.928. The van der Waals surface area contributed by atoms with Gasteiger partial charge in [0.25, 0.3) is 5.91 Å². The minimum Gasteiger partial charge on any atom is -0.348 e. The second kappa shape index (κ2) is 6.03. The molecule has 104 valence electrons. The van der Waals surface area contributed by atoms with Crippen LogP contribution in [-0.4, -0.2) is 31.5 Å². The summed E-state index contributed by atoms with van der Waals surface area (Å²) < 4.78 is 11.9. The number of carbonyl (C=O) groups is 1. The lowest BCUT2D eigenvalue weighted by atomic mass is 10.1. The van der Waals surface area contributed by atoms with Crippen LogP contribution in [0.25, 0.3) is 0 Å². The molecule has 1 aliphatic rings. The Morgan fingerprint density at radius 2 is 2.11 bits per heavy atom. The molecule has 2 rings (SSSR count). The molecule has 1 amide bonds. The van der Waals surface area contributed by atoms with Gasteiger partial charge in [-0.15, -0.1) is 0 Å². The molecule has 5 heteroatoms.